The van der Waals surface area contributed by atoms with Gasteiger partial charge in [-0.1, -0.05) is 36.4 Å². The molecule has 2 aromatic carbocycles. The van der Waals surface area contributed by atoms with E-state index in [0.717, 1.165) is 16.9 Å². The number of likely N-dealkylation sites (tertiary alicyclic amines) is 1. The molecule has 4 rings (SSSR count). The lowest BCUT2D eigenvalue weighted by Crippen LogP contribution is -2.59. The van der Waals surface area contributed by atoms with Crippen molar-refractivity contribution in [3.05, 3.63) is 59.7 Å². The summed E-state index contributed by atoms with van der Waals surface area (Å²) in [5.41, 5.74) is 3.53. The van der Waals surface area contributed by atoms with Crippen LogP contribution in [0, 0.1) is 6.92 Å². The van der Waals surface area contributed by atoms with E-state index in [1.807, 2.05) is 55.5 Å². The Balaban J connectivity index is 1.30. The van der Waals surface area contributed by atoms with Gasteiger partial charge in [0.25, 0.3) is 0 Å². The molecule has 2 heterocycles. The zero-order chi connectivity index (χ0) is 19.6. The SMILES string of the molecule is Cc1ccccc1CNC(=O)CN1CCC2(CC1)Nc1ccccc1NC2=O. The van der Waals surface area contributed by atoms with E-state index in [1.165, 1.54) is 5.56 Å². The summed E-state index contributed by atoms with van der Waals surface area (Å²) >= 11 is 0. The molecule has 2 amide bonds. The highest BCUT2D eigenvalue weighted by atomic mass is 16.2. The van der Waals surface area contributed by atoms with Gasteiger partial charge in [0, 0.05) is 19.6 Å². The van der Waals surface area contributed by atoms with Gasteiger partial charge in [0.1, 0.15) is 5.54 Å². The third-order valence-electron chi connectivity index (χ3n) is 5.80. The molecule has 1 spiro atoms. The number of para-hydroxylation sites is 2. The number of anilines is 2. The fourth-order valence-corrected chi connectivity index (χ4v) is 3.96. The number of amides is 2. The normalized spacial score (nSPS) is 18.1. The van der Waals surface area contributed by atoms with Gasteiger partial charge in [0.2, 0.25) is 11.8 Å². The lowest BCUT2D eigenvalue weighted by molar-refractivity contribution is -0.124. The Hall–Kier alpha value is -2.86. The van der Waals surface area contributed by atoms with Crippen molar-refractivity contribution in [1.29, 1.82) is 0 Å². The van der Waals surface area contributed by atoms with Crippen LogP contribution in [0.3, 0.4) is 0 Å². The van der Waals surface area contributed by atoms with Crippen LogP contribution in [0.4, 0.5) is 11.4 Å². The molecular formula is C22H26N4O2. The van der Waals surface area contributed by atoms with Crippen LogP contribution in [-0.4, -0.2) is 41.9 Å². The van der Waals surface area contributed by atoms with Crippen molar-refractivity contribution in [3.8, 4) is 0 Å². The molecule has 146 valence electrons. The van der Waals surface area contributed by atoms with Crippen molar-refractivity contribution >= 4 is 23.2 Å². The maximum absolute atomic E-state index is 12.7. The highest BCUT2D eigenvalue weighted by Crippen LogP contribution is 2.36. The number of carbonyl (C=O) groups excluding carboxylic acids is 2. The minimum Gasteiger partial charge on any atom is -0.369 e. The summed E-state index contributed by atoms with van der Waals surface area (Å²) in [4.78, 5) is 27.1. The van der Waals surface area contributed by atoms with E-state index >= 15 is 0 Å². The Morgan fingerprint density at radius 1 is 1.07 bits per heavy atom. The molecule has 0 unspecified atom stereocenters. The van der Waals surface area contributed by atoms with Gasteiger partial charge in [-0.25, -0.2) is 0 Å². The number of rotatable bonds is 4. The zero-order valence-electron chi connectivity index (χ0n) is 16.1. The summed E-state index contributed by atoms with van der Waals surface area (Å²) in [7, 11) is 0. The number of nitrogens with one attached hydrogen (secondary N) is 3. The van der Waals surface area contributed by atoms with Gasteiger partial charge in [-0.3, -0.25) is 14.5 Å². The Labute approximate surface area is 165 Å². The quantitative estimate of drug-likeness (QED) is 0.764. The third-order valence-corrected chi connectivity index (χ3v) is 5.80. The van der Waals surface area contributed by atoms with Crippen molar-refractivity contribution in [3.63, 3.8) is 0 Å². The topological polar surface area (TPSA) is 73.5 Å². The lowest BCUT2D eigenvalue weighted by atomic mass is 9.84. The van der Waals surface area contributed by atoms with Crippen molar-refractivity contribution in [2.45, 2.75) is 31.8 Å². The van der Waals surface area contributed by atoms with Crippen molar-refractivity contribution in [2.75, 3.05) is 30.3 Å². The summed E-state index contributed by atoms with van der Waals surface area (Å²) < 4.78 is 0. The Morgan fingerprint density at radius 3 is 2.50 bits per heavy atom. The second-order valence-corrected chi connectivity index (χ2v) is 7.69. The molecule has 2 aliphatic rings. The number of aryl methyl sites for hydroxylation is 1. The van der Waals surface area contributed by atoms with Gasteiger partial charge >= 0.3 is 0 Å². The second-order valence-electron chi connectivity index (χ2n) is 7.69. The monoisotopic (exact) mass is 378 g/mol. The van der Waals surface area contributed by atoms with Crippen LogP contribution in [0.2, 0.25) is 0 Å². The Bertz CT molecular complexity index is 888. The minimum absolute atomic E-state index is 0.0191. The summed E-state index contributed by atoms with van der Waals surface area (Å²) in [6.45, 7) is 4.37. The zero-order valence-corrected chi connectivity index (χ0v) is 16.1. The smallest absolute Gasteiger partial charge is 0.250 e. The van der Waals surface area contributed by atoms with Crippen LogP contribution < -0.4 is 16.0 Å². The van der Waals surface area contributed by atoms with E-state index in [1.54, 1.807) is 0 Å². The van der Waals surface area contributed by atoms with Crippen LogP contribution in [0.5, 0.6) is 0 Å². The van der Waals surface area contributed by atoms with Crippen LogP contribution in [0.25, 0.3) is 0 Å². The van der Waals surface area contributed by atoms with E-state index in [9.17, 15) is 9.59 Å². The average molecular weight is 378 g/mol. The third kappa shape index (κ3) is 3.73. The molecule has 0 aromatic heterocycles. The van der Waals surface area contributed by atoms with E-state index < -0.39 is 5.54 Å². The molecule has 28 heavy (non-hydrogen) atoms. The molecule has 3 N–H and O–H groups in total. The van der Waals surface area contributed by atoms with Crippen LogP contribution in [0.1, 0.15) is 24.0 Å². The summed E-state index contributed by atoms with van der Waals surface area (Å²) in [6, 6.07) is 15.8. The molecule has 1 fully saturated rings. The van der Waals surface area contributed by atoms with Crippen molar-refractivity contribution in [2.24, 2.45) is 0 Å². The molecule has 0 atom stereocenters. The first-order chi connectivity index (χ1) is 13.6. The van der Waals surface area contributed by atoms with Gasteiger partial charge in [-0.2, -0.15) is 0 Å². The molecule has 0 aliphatic carbocycles. The maximum atomic E-state index is 12.7. The highest BCUT2D eigenvalue weighted by molar-refractivity contribution is 6.06. The van der Waals surface area contributed by atoms with Crippen LogP contribution in [0.15, 0.2) is 48.5 Å². The number of hydrogen-bond acceptors (Lipinski definition) is 4. The summed E-state index contributed by atoms with van der Waals surface area (Å²) in [5, 5.41) is 9.47. The van der Waals surface area contributed by atoms with Gasteiger partial charge < -0.3 is 16.0 Å². The Kier molecular flexibility index (Phi) is 5.05. The molecule has 6 nitrogen and oxygen atoms in total. The fraction of sp³-hybridized carbons (Fsp3) is 0.364. The van der Waals surface area contributed by atoms with Crippen LogP contribution >= 0.6 is 0 Å². The second kappa shape index (κ2) is 7.64. The van der Waals surface area contributed by atoms with Gasteiger partial charge in [0.15, 0.2) is 0 Å². The Morgan fingerprint density at radius 2 is 1.75 bits per heavy atom. The van der Waals surface area contributed by atoms with Crippen molar-refractivity contribution in [1.82, 2.24) is 10.2 Å². The van der Waals surface area contributed by atoms with E-state index in [2.05, 4.69) is 20.9 Å². The van der Waals surface area contributed by atoms with Gasteiger partial charge in [0.05, 0.1) is 17.9 Å². The standard InChI is InChI=1S/C22H26N4O2/c1-16-6-2-3-7-17(16)14-23-20(27)15-26-12-10-22(11-13-26)21(28)24-18-8-4-5-9-19(18)25-22/h2-9,25H,10-15H2,1H3,(H,23,27)(H,24,28). The number of fused-ring (bicyclic) bond motifs is 1. The highest BCUT2D eigenvalue weighted by Gasteiger charge is 2.44. The maximum Gasteiger partial charge on any atom is 0.250 e. The van der Waals surface area contributed by atoms with E-state index in [-0.39, 0.29) is 11.8 Å². The number of nitrogens with zero attached hydrogens (tertiary/aromatic N) is 1. The number of hydrogen-bond donors (Lipinski definition) is 3. The molecule has 6 heteroatoms. The van der Waals surface area contributed by atoms with E-state index in [4.69, 9.17) is 0 Å². The fourth-order valence-electron chi connectivity index (χ4n) is 3.96. The number of piperidine rings is 1. The number of carbonyl (C=O) groups is 2. The van der Waals surface area contributed by atoms with Crippen molar-refractivity contribution < 1.29 is 9.59 Å². The molecule has 2 aromatic rings. The molecule has 0 bridgehead atoms. The molecular weight excluding hydrogens is 352 g/mol. The predicted molar refractivity (Wildman–Crippen MR) is 110 cm³/mol. The van der Waals surface area contributed by atoms with Crippen LogP contribution in [-0.2, 0) is 16.1 Å². The summed E-state index contributed by atoms with van der Waals surface area (Å²) in [6.07, 6.45) is 1.36. The first-order valence-electron chi connectivity index (χ1n) is 9.78. The first-order valence-corrected chi connectivity index (χ1v) is 9.78. The molecule has 0 radical (unpaired) electrons. The molecule has 0 saturated carbocycles. The van der Waals surface area contributed by atoms with E-state index in [0.29, 0.717) is 39.0 Å². The first kappa shape index (κ1) is 18.5. The summed E-state index contributed by atoms with van der Waals surface area (Å²) in [5.74, 6) is 0.0421. The van der Waals surface area contributed by atoms with Gasteiger partial charge in [-0.05, 0) is 43.0 Å². The average Bonchev–Trinajstić information content (AvgIpc) is 2.70. The minimum atomic E-state index is -0.581. The molecule has 1 saturated heterocycles. The predicted octanol–water partition coefficient (Wildman–Crippen LogP) is 2.51. The lowest BCUT2D eigenvalue weighted by Gasteiger charge is -2.44. The molecule has 2 aliphatic heterocycles. The van der Waals surface area contributed by atoms with Gasteiger partial charge in [-0.15, -0.1) is 0 Å². The largest absolute Gasteiger partial charge is 0.369 e. The number of benzene rings is 2.